The Balaban J connectivity index is 1.96. The molecule has 0 amide bonds. The number of benzene rings is 2. The van der Waals surface area contributed by atoms with Crippen molar-refractivity contribution >= 4 is 33.5 Å². The molecule has 0 radical (unpaired) electrons. The van der Waals surface area contributed by atoms with Crippen molar-refractivity contribution in [2.24, 2.45) is 0 Å². The highest BCUT2D eigenvalue weighted by atomic mass is 79.9. The first-order valence-electron chi connectivity index (χ1n) is 6.43. The van der Waals surface area contributed by atoms with Gasteiger partial charge in [0.25, 0.3) is 0 Å². The molecular formula is C16H14BrClO3. The Bertz CT molecular complexity index is 596. The predicted octanol–water partition coefficient (Wildman–Crippen LogP) is 4.74. The molecule has 2 aromatic rings. The minimum atomic E-state index is -0.864. The Labute approximate surface area is 136 Å². The van der Waals surface area contributed by atoms with Crippen molar-refractivity contribution in [3.05, 3.63) is 63.6 Å². The lowest BCUT2D eigenvalue weighted by Crippen LogP contribution is -2.15. The van der Waals surface area contributed by atoms with Gasteiger partial charge < -0.3 is 9.84 Å². The zero-order valence-electron chi connectivity index (χ0n) is 11.1. The molecule has 2 aromatic carbocycles. The van der Waals surface area contributed by atoms with E-state index in [4.69, 9.17) is 16.3 Å². The molecule has 1 atom stereocenters. The number of carboxylic acid groups (broad SMARTS) is 1. The molecular weight excluding hydrogens is 356 g/mol. The third kappa shape index (κ3) is 4.76. The number of carboxylic acids is 1. The fourth-order valence-corrected chi connectivity index (χ4v) is 2.34. The maximum atomic E-state index is 11.4. The quantitative estimate of drug-likeness (QED) is 0.800. The van der Waals surface area contributed by atoms with Gasteiger partial charge >= 0.3 is 5.97 Å². The van der Waals surface area contributed by atoms with Crippen LogP contribution in [0, 0.1) is 0 Å². The normalized spacial score (nSPS) is 11.9. The highest BCUT2D eigenvalue weighted by molar-refractivity contribution is 9.10. The lowest BCUT2D eigenvalue weighted by molar-refractivity contribution is -0.139. The Morgan fingerprint density at radius 2 is 1.76 bits per heavy atom. The van der Waals surface area contributed by atoms with E-state index in [9.17, 15) is 9.90 Å². The first-order chi connectivity index (χ1) is 10.1. The largest absolute Gasteiger partial charge is 0.494 e. The molecule has 0 fully saturated rings. The van der Waals surface area contributed by atoms with Gasteiger partial charge in [0.1, 0.15) is 5.75 Å². The van der Waals surface area contributed by atoms with Crippen LogP contribution in [-0.4, -0.2) is 17.7 Å². The van der Waals surface area contributed by atoms with Gasteiger partial charge in [-0.05, 0) is 48.4 Å². The SMILES string of the molecule is O=C(O)C(CCOc1ccc(Br)cc1)c1ccc(Cl)cc1. The Morgan fingerprint density at radius 3 is 2.33 bits per heavy atom. The Hall–Kier alpha value is -1.52. The summed E-state index contributed by atoms with van der Waals surface area (Å²) >= 11 is 9.17. The number of rotatable bonds is 6. The Kier molecular flexibility index (Phi) is 5.65. The van der Waals surface area contributed by atoms with Crippen molar-refractivity contribution in [3.8, 4) is 5.75 Å². The molecule has 0 aliphatic heterocycles. The van der Waals surface area contributed by atoms with Crippen LogP contribution in [0.25, 0.3) is 0 Å². The van der Waals surface area contributed by atoms with Crippen LogP contribution in [-0.2, 0) is 4.79 Å². The van der Waals surface area contributed by atoms with Crippen molar-refractivity contribution < 1.29 is 14.6 Å². The fraction of sp³-hybridized carbons (Fsp3) is 0.188. The molecule has 1 N–H and O–H groups in total. The van der Waals surface area contributed by atoms with E-state index in [0.29, 0.717) is 18.1 Å². The van der Waals surface area contributed by atoms with Crippen LogP contribution in [0.3, 0.4) is 0 Å². The van der Waals surface area contributed by atoms with E-state index < -0.39 is 11.9 Å². The highest BCUT2D eigenvalue weighted by Crippen LogP contribution is 2.23. The molecule has 0 saturated heterocycles. The topological polar surface area (TPSA) is 46.5 Å². The minimum absolute atomic E-state index is 0.335. The van der Waals surface area contributed by atoms with Gasteiger partial charge in [0.05, 0.1) is 12.5 Å². The summed E-state index contributed by atoms with van der Waals surface area (Å²) in [5.41, 5.74) is 0.728. The summed E-state index contributed by atoms with van der Waals surface area (Å²) in [4.78, 5) is 11.4. The summed E-state index contributed by atoms with van der Waals surface area (Å²) in [5, 5.41) is 9.93. The molecule has 0 aromatic heterocycles. The summed E-state index contributed by atoms with van der Waals surface area (Å²) in [5.74, 6) is -0.743. The number of hydrogen-bond donors (Lipinski definition) is 1. The van der Waals surface area contributed by atoms with E-state index in [-0.39, 0.29) is 0 Å². The number of ether oxygens (including phenoxy) is 1. The molecule has 0 saturated carbocycles. The molecule has 0 heterocycles. The lowest BCUT2D eigenvalue weighted by atomic mass is 9.96. The van der Waals surface area contributed by atoms with Crippen molar-refractivity contribution in [2.75, 3.05) is 6.61 Å². The second-order valence-electron chi connectivity index (χ2n) is 4.53. The van der Waals surface area contributed by atoms with Crippen LogP contribution in [0.2, 0.25) is 5.02 Å². The van der Waals surface area contributed by atoms with Crippen LogP contribution in [0.1, 0.15) is 17.9 Å². The number of carbonyl (C=O) groups is 1. The van der Waals surface area contributed by atoms with Gasteiger partial charge in [0.2, 0.25) is 0 Å². The van der Waals surface area contributed by atoms with Gasteiger partial charge in [-0.2, -0.15) is 0 Å². The van der Waals surface area contributed by atoms with E-state index >= 15 is 0 Å². The molecule has 0 spiro atoms. The smallest absolute Gasteiger partial charge is 0.311 e. The molecule has 2 rings (SSSR count). The number of halogens is 2. The van der Waals surface area contributed by atoms with Gasteiger partial charge in [-0.1, -0.05) is 39.7 Å². The van der Waals surface area contributed by atoms with Gasteiger partial charge in [0, 0.05) is 9.50 Å². The summed E-state index contributed by atoms with van der Waals surface area (Å²) < 4.78 is 6.55. The summed E-state index contributed by atoms with van der Waals surface area (Å²) in [7, 11) is 0. The fourth-order valence-electron chi connectivity index (χ4n) is 1.95. The van der Waals surface area contributed by atoms with Crippen molar-refractivity contribution in [2.45, 2.75) is 12.3 Å². The average molecular weight is 370 g/mol. The van der Waals surface area contributed by atoms with Crippen molar-refractivity contribution in [1.82, 2.24) is 0 Å². The number of hydrogen-bond acceptors (Lipinski definition) is 2. The van der Waals surface area contributed by atoms with E-state index in [0.717, 1.165) is 15.8 Å². The van der Waals surface area contributed by atoms with E-state index in [1.807, 2.05) is 24.3 Å². The summed E-state index contributed by atoms with van der Waals surface area (Å²) in [6, 6.07) is 14.3. The van der Waals surface area contributed by atoms with E-state index in [2.05, 4.69) is 15.9 Å². The van der Waals surface area contributed by atoms with Gasteiger partial charge in [-0.25, -0.2) is 0 Å². The second-order valence-corrected chi connectivity index (χ2v) is 5.89. The molecule has 0 aliphatic carbocycles. The van der Waals surface area contributed by atoms with Gasteiger partial charge in [0.15, 0.2) is 0 Å². The predicted molar refractivity (Wildman–Crippen MR) is 86.1 cm³/mol. The number of aliphatic carboxylic acids is 1. The molecule has 3 nitrogen and oxygen atoms in total. The summed E-state index contributed by atoms with van der Waals surface area (Å²) in [6.45, 7) is 0.335. The van der Waals surface area contributed by atoms with Crippen LogP contribution in [0.4, 0.5) is 0 Å². The second kappa shape index (κ2) is 7.48. The van der Waals surface area contributed by atoms with Gasteiger partial charge in [-0.15, -0.1) is 0 Å². The van der Waals surface area contributed by atoms with Crippen molar-refractivity contribution in [3.63, 3.8) is 0 Å². The average Bonchev–Trinajstić information content (AvgIpc) is 2.46. The minimum Gasteiger partial charge on any atom is -0.494 e. The Morgan fingerprint density at radius 1 is 1.14 bits per heavy atom. The van der Waals surface area contributed by atoms with Crippen LogP contribution >= 0.6 is 27.5 Å². The molecule has 5 heteroatoms. The molecule has 0 bridgehead atoms. The maximum absolute atomic E-state index is 11.4. The summed E-state index contributed by atoms with van der Waals surface area (Å²) in [6.07, 6.45) is 0.396. The lowest BCUT2D eigenvalue weighted by Gasteiger charge is -2.13. The van der Waals surface area contributed by atoms with Crippen molar-refractivity contribution in [1.29, 1.82) is 0 Å². The van der Waals surface area contributed by atoms with E-state index in [1.165, 1.54) is 0 Å². The first-order valence-corrected chi connectivity index (χ1v) is 7.60. The van der Waals surface area contributed by atoms with Crippen LogP contribution < -0.4 is 4.74 Å². The molecule has 1 unspecified atom stereocenters. The first kappa shape index (κ1) is 15.9. The third-order valence-corrected chi connectivity index (χ3v) is 3.84. The van der Waals surface area contributed by atoms with Crippen LogP contribution in [0.5, 0.6) is 5.75 Å². The molecule has 21 heavy (non-hydrogen) atoms. The third-order valence-electron chi connectivity index (χ3n) is 3.06. The highest BCUT2D eigenvalue weighted by Gasteiger charge is 2.19. The van der Waals surface area contributed by atoms with Crippen LogP contribution in [0.15, 0.2) is 53.0 Å². The molecule has 110 valence electrons. The molecule has 0 aliphatic rings. The standard InChI is InChI=1S/C16H14BrClO3/c17-12-3-7-14(8-4-12)21-10-9-15(16(19)20)11-1-5-13(18)6-2-11/h1-8,15H,9-10H2,(H,19,20). The monoisotopic (exact) mass is 368 g/mol. The van der Waals surface area contributed by atoms with Gasteiger partial charge in [-0.3, -0.25) is 4.79 Å². The zero-order chi connectivity index (χ0) is 15.2. The van der Waals surface area contributed by atoms with E-state index in [1.54, 1.807) is 24.3 Å². The maximum Gasteiger partial charge on any atom is 0.311 e. The zero-order valence-corrected chi connectivity index (χ0v) is 13.5.